The van der Waals surface area contributed by atoms with Gasteiger partial charge in [0.1, 0.15) is 0 Å². The normalized spacial score (nSPS) is 10.4. The summed E-state index contributed by atoms with van der Waals surface area (Å²) in [7, 11) is 0. The van der Waals surface area contributed by atoms with E-state index in [4.69, 9.17) is 0 Å². The van der Waals surface area contributed by atoms with Crippen molar-refractivity contribution in [3.8, 4) is 0 Å². The van der Waals surface area contributed by atoms with Gasteiger partial charge in [0, 0.05) is 23.9 Å². The zero-order chi connectivity index (χ0) is 53.9. The number of carbonyl (C=O) groups excluding carboxylic acids is 4. The average Bonchev–Trinajstić information content (AvgIpc) is 3.35. The first kappa shape index (κ1) is 84.0. The van der Waals surface area contributed by atoms with Crippen molar-refractivity contribution in [2.45, 2.75) is 387 Å². The first-order valence-corrected chi connectivity index (χ1v) is 31.9. The van der Waals surface area contributed by atoms with Gasteiger partial charge in [-0.1, -0.05) is 336 Å². The summed E-state index contributed by atoms with van der Waals surface area (Å²) in [6.07, 6.45) is 67.7. The Bertz CT molecular complexity index is 887. The van der Waals surface area contributed by atoms with E-state index in [1.54, 1.807) is 0 Å². The monoisotopic (exact) mass is 1140 g/mol. The Morgan fingerprint density at radius 2 is 0.270 bits per heavy atom. The largest absolute Gasteiger partial charge is 3.00 e. The van der Waals surface area contributed by atoms with Crippen LogP contribution in [0.4, 0.5) is 0 Å². The molecule has 0 radical (unpaired) electrons. The molecule has 0 saturated heterocycles. The molecule has 0 aromatic heterocycles. The van der Waals surface area contributed by atoms with Gasteiger partial charge < -0.3 is 39.6 Å². The third kappa shape index (κ3) is 99.7. The molecule has 8 nitrogen and oxygen atoms in total. The molecule has 0 rings (SSSR count). The van der Waals surface area contributed by atoms with Crippen molar-refractivity contribution >= 4 is 32.3 Å². The van der Waals surface area contributed by atoms with Gasteiger partial charge in [0.25, 0.3) is 0 Å². The molecular formula is C64H124AgBO8. The molecule has 0 aliphatic carbocycles. The molecule has 0 saturated carbocycles. The molecule has 0 spiro atoms. The average molecular weight is 1140 g/mol. The minimum absolute atomic E-state index is 0. The fraction of sp³-hybridized carbons (Fsp3) is 0.938. The molecule has 0 aliphatic heterocycles. The molecule has 10 heteroatoms. The van der Waals surface area contributed by atoms with Crippen molar-refractivity contribution in [3.05, 3.63) is 0 Å². The zero-order valence-corrected chi connectivity index (χ0v) is 51.2. The maximum absolute atomic E-state index is 10.2. The molecule has 0 heterocycles. The Hall–Kier alpha value is -1.31. The molecule has 0 aromatic carbocycles. The maximum Gasteiger partial charge on any atom is 3.00 e. The van der Waals surface area contributed by atoms with Gasteiger partial charge in [0.05, 0.1) is 0 Å². The Labute approximate surface area is 479 Å². The molecule has 0 unspecified atom stereocenters. The van der Waals surface area contributed by atoms with Crippen LogP contribution in [0.25, 0.3) is 0 Å². The summed E-state index contributed by atoms with van der Waals surface area (Å²) in [5.41, 5.74) is 0. The number of aliphatic carboxylic acids is 4. The number of hydrogen-bond donors (Lipinski definition) is 0. The van der Waals surface area contributed by atoms with E-state index < -0.39 is 23.9 Å². The van der Waals surface area contributed by atoms with Crippen molar-refractivity contribution in [2.24, 2.45) is 0 Å². The second-order valence-corrected chi connectivity index (χ2v) is 21.5. The Morgan fingerprint density at radius 1 is 0.189 bits per heavy atom. The molecule has 0 N–H and O–H groups in total. The number of rotatable bonds is 56. The predicted molar refractivity (Wildman–Crippen MR) is 307 cm³/mol. The van der Waals surface area contributed by atoms with Gasteiger partial charge in [0.2, 0.25) is 0 Å². The third-order valence-corrected chi connectivity index (χ3v) is 13.9. The minimum atomic E-state index is -0.905. The summed E-state index contributed by atoms with van der Waals surface area (Å²) in [6, 6.07) is 0. The van der Waals surface area contributed by atoms with Gasteiger partial charge in [0.15, 0.2) is 0 Å². The van der Waals surface area contributed by atoms with Crippen molar-refractivity contribution in [2.75, 3.05) is 0 Å². The van der Waals surface area contributed by atoms with Gasteiger partial charge in [-0.3, -0.25) is 0 Å². The van der Waals surface area contributed by atoms with Gasteiger partial charge in [-0.25, -0.2) is 0 Å². The Balaban J connectivity index is -0.000000206. The summed E-state index contributed by atoms with van der Waals surface area (Å²) in [6.45, 7) is 9.03. The van der Waals surface area contributed by atoms with Crippen molar-refractivity contribution in [1.29, 1.82) is 0 Å². The maximum atomic E-state index is 10.2. The van der Waals surface area contributed by atoms with Crippen LogP contribution in [0.2, 0.25) is 0 Å². The fourth-order valence-electron chi connectivity index (χ4n) is 9.15. The SMILES string of the molecule is CCCCCCCCCCCCCCCC(=O)[O-].CCCCCCCCCCCCCCCC(=O)[O-].CCCCCCCCCCCCCCCC(=O)[O-].CCCCCCCCCCCCCCCC(=O)[O-].[Ag+].[B+3]. The number of carbonyl (C=O) groups is 4. The molecule has 0 atom stereocenters. The van der Waals surface area contributed by atoms with E-state index in [0.717, 1.165) is 51.4 Å². The topological polar surface area (TPSA) is 161 Å². The van der Waals surface area contributed by atoms with Crippen LogP contribution in [0, 0.1) is 0 Å². The fourth-order valence-corrected chi connectivity index (χ4v) is 9.15. The van der Waals surface area contributed by atoms with Crippen LogP contribution in [0.15, 0.2) is 0 Å². The molecule has 0 bridgehead atoms. The molecule has 0 fully saturated rings. The van der Waals surface area contributed by atoms with Gasteiger partial charge in [-0.15, -0.1) is 0 Å². The number of unbranched alkanes of at least 4 members (excludes halogenated alkanes) is 48. The van der Waals surface area contributed by atoms with Gasteiger partial charge >= 0.3 is 30.8 Å². The van der Waals surface area contributed by atoms with Crippen LogP contribution in [-0.4, -0.2) is 32.3 Å². The summed E-state index contributed by atoms with van der Waals surface area (Å²) in [5, 5.41) is 40.8. The second-order valence-electron chi connectivity index (χ2n) is 21.5. The Kier molecular flexibility index (Phi) is 91.4. The summed E-state index contributed by atoms with van der Waals surface area (Å²) in [4.78, 5) is 40.8. The molecule has 0 aliphatic rings. The predicted octanol–water partition coefficient (Wildman–Crippen LogP) is 16.5. The van der Waals surface area contributed by atoms with Crippen molar-refractivity contribution in [3.63, 3.8) is 0 Å². The molecule has 0 aromatic rings. The van der Waals surface area contributed by atoms with Crippen LogP contribution < -0.4 is 20.4 Å². The van der Waals surface area contributed by atoms with Crippen molar-refractivity contribution in [1.82, 2.24) is 0 Å². The van der Waals surface area contributed by atoms with E-state index in [-0.39, 0.29) is 56.5 Å². The quantitative estimate of drug-likeness (QED) is 0.0430. The first-order chi connectivity index (χ1) is 35.1. The van der Waals surface area contributed by atoms with Crippen molar-refractivity contribution < 1.29 is 62.0 Å². The summed E-state index contributed by atoms with van der Waals surface area (Å²) >= 11 is 0. The zero-order valence-electron chi connectivity index (χ0n) is 49.7. The summed E-state index contributed by atoms with van der Waals surface area (Å²) < 4.78 is 0. The second kappa shape index (κ2) is 80.5. The van der Waals surface area contributed by atoms with Crippen LogP contribution >= 0.6 is 0 Å². The molecule has 442 valence electrons. The van der Waals surface area contributed by atoms with Crippen LogP contribution in [0.3, 0.4) is 0 Å². The third-order valence-electron chi connectivity index (χ3n) is 13.9. The van der Waals surface area contributed by atoms with E-state index in [2.05, 4.69) is 27.7 Å². The minimum Gasteiger partial charge on any atom is -0.550 e. The Morgan fingerprint density at radius 3 is 0.351 bits per heavy atom. The number of carboxylic acid groups (broad SMARTS) is 4. The summed E-state index contributed by atoms with van der Waals surface area (Å²) in [5.74, 6) is -3.62. The first-order valence-electron chi connectivity index (χ1n) is 31.9. The van der Waals surface area contributed by atoms with E-state index in [9.17, 15) is 39.6 Å². The van der Waals surface area contributed by atoms with Crippen LogP contribution in [-0.2, 0) is 41.6 Å². The van der Waals surface area contributed by atoms with Gasteiger partial charge in [-0.05, 0) is 51.4 Å². The van der Waals surface area contributed by atoms with E-state index in [1.807, 2.05) is 0 Å². The van der Waals surface area contributed by atoms with Crippen LogP contribution in [0.5, 0.6) is 0 Å². The molecular weight excluding hydrogens is 1020 g/mol. The number of hydrogen-bond acceptors (Lipinski definition) is 8. The standard InChI is InChI=1S/4C16H32O2.Ag.B/c4*1-2-3-4-5-6-7-8-9-10-11-12-13-14-15-16(17)18;;/h4*2-15H2,1H3,(H,17,18);;/q;;;;+1;+3/p-4. The van der Waals surface area contributed by atoms with E-state index in [1.165, 1.54) is 283 Å². The van der Waals surface area contributed by atoms with Gasteiger partial charge in [-0.2, -0.15) is 0 Å². The molecule has 0 amide bonds. The molecule has 74 heavy (non-hydrogen) atoms. The smallest absolute Gasteiger partial charge is 0.550 e. The number of carboxylic acids is 4. The van der Waals surface area contributed by atoms with Crippen LogP contribution in [0.1, 0.15) is 387 Å². The van der Waals surface area contributed by atoms with E-state index in [0.29, 0.717) is 0 Å². The van der Waals surface area contributed by atoms with E-state index >= 15 is 0 Å².